The Kier molecular flexibility index (Phi) is 6.48. The van der Waals surface area contributed by atoms with E-state index in [4.69, 9.17) is 17.0 Å². The van der Waals surface area contributed by atoms with Gasteiger partial charge in [-0.05, 0) is 72.9 Å². The molecule has 2 aromatic carbocycles. The van der Waals surface area contributed by atoms with Crippen molar-refractivity contribution in [3.05, 3.63) is 96.6 Å². The Labute approximate surface area is 220 Å². The monoisotopic (exact) mass is 535 g/mol. The fraction of sp³-hybridized carbons (Fsp3) is 0.154. The first-order chi connectivity index (χ1) is 17.7. The highest BCUT2D eigenvalue weighted by Gasteiger charge is 2.42. The van der Waals surface area contributed by atoms with Gasteiger partial charge in [0.25, 0.3) is 0 Å². The normalized spacial score (nSPS) is 17.5. The van der Waals surface area contributed by atoms with E-state index in [2.05, 4.69) is 15.0 Å². The molecule has 0 bridgehead atoms. The van der Waals surface area contributed by atoms with Gasteiger partial charge in [0.2, 0.25) is 10.0 Å². The summed E-state index contributed by atoms with van der Waals surface area (Å²) >= 11 is 5.82. The summed E-state index contributed by atoms with van der Waals surface area (Å²) in [6.45, 7) is 0. The number of thiocarbonyl (C=S) groups is 1. The Bertz CT molecular complexity index is 1540. The highest BCUT2D eigenvalue weighted by molar-refractivity contribution is 7.92. The molecule has 0 aliphatic carbocycles. The second kappa shape index (κ2) is 9.75. The summed E-state index contributed by atoms with van der Waals surface area (Å²) in [6.07, 6.45) is 4.79. The number of phenolic OH excluding ortho intramolecular Hbond substituents is 1. The highest BCUT2D eigenvalue weighted by atomic mass is 32.2. The summed E-state index contributed by atoms with van der Waals surface area (Å²) in [5.41, 5.74) is 3.68. The number of methoxy groups -OCH3 is 1. The molecule has 3 N–H and O–H groups in total. The van der Waals surface area contributed by atoms with E-state index in [0.29, 0.717) is 16.5 Å². The van der Waals surface area contributed by atoms with Crippen molar-refractivity contribution in [1.82, 2.24) is 14.9 Å². The van der Waals surface area contributed by atoms with Gasteiger partial charge in [-0.15, -0.1) is 0 Å². The maximum atomic E-state index is 11.8. The van der Waals surface area contributed by atoms with Crippen molar-refractivity contribution >= 4 is 38.7 Å². The molecule has 0 saturated carbocycles. The van der Waals surface area contributed by atoms with Crippen LogP contribution >= 0.6 is 12.2 Å². The van der Waals surface area contributed by atoms with Crippen LogP contribution in [0.4, 0.5) is 11.4 Å². The molecule has 1 aliphatic heterocycles. The number of hydrogen-bond donors (Lipinski definition) is 3. The number of aromatic nitrogens is 2. The van der Waals surface area contributed by atoms with Gasteiger partial charge >= 0.3 is 0 Å². The van der Waals surface area contributed by atoms with Gasteiger partial charge in [-0.25, -0.2) is 8.42 Å². The number of sulfonamides is 1. The van der Waals surface area contributed by atoms with E-state index < -0.39 is 10.0 Å². The van der Waals surface area contributed by atoms with Crippen LogP contribution in [-0.4, -0.2) is 41.6 Å². The molecule has 11 heteroatoms. The molecule has 0 amide bonds. The predicted molar refractivity (Wildman–Crippen MR) is 147 cm³/mol. The summed E-state index contributed by atoms with van der Waals surface area (Å²) in [7, 11) is -2.01. The molecule has 5 rings (SSSR count). The summed E-state index contributed by atoms with van der Waals surface area (Å²) in [5, 5.41) is 13.7. The fourth-order valence-electron chi connectivity index (χ4n) is 4.53. The molecule has 190 valence electrons. The van der Waals surface area contributed by atoms with Crippen LogP contribution in [0.2, 0.25) is 0 Å². The average molecular weight is 536 g/mol. The lowest BCUT2D eigenvalue weighted by Gasteiger charge is -2.29. The first-order valence-corrected chi connectivity index (χ1v) is 13.7. The minimum absolute atomic E-state index is 0.184. The van der Waals surface area contributed by atoms with E-state index in [1.165, 1.54) is 7.11 Å². The van der Waals surface area contributed by atoms with E-state index >= 15 is 0 Å². The number of benzene rings is 2. The zero-order chi connectivity index (χ0) is 26.2. The van der Waals surface area contributed by atoms with Crippen LogP contribution < -0.4 is 19.7 Å². The number of pyridine rings is 1. The molecule has 1 aliphatic rings. The Morgan fingerprint density at radius 2 is 1.81 bits per heavy atom. The Hall–Kier alpha value is -4.09. The Balaban J connectivity index is 1.64. The number of nitrogens with zero attached hydrogens (tertiary/aromatic N) is 3. The van der Waals surface area contributed by atoms with Gasteiger partial charge in [-0.2, -0.15) is 0 Å². The van der Waals surface area contributed by atoms with Crippen molar-refractivity contribution in [2.75, 3.05) is 23.0 Å². The molecule has 4 aromatic rings. The third-order valence-electron chi connectivity index (χ3n) is 6.07. The van der Waals surface area contributed by atoms with Crippen molar-refractivity contribution in [2.45, 2.75) is 12.1 Å². The summed E-state index contributed by atoms with van der Waals surface area (Å²) in [4.78, 5) is 6.57. The van der Waals surface area contributed by atoms with Crippen LogP contribution in [0.15, 0.2) is 85.2 Å². The minimum atomic E-state index is -3.49. The lowest BCUT2D eigenvalue weighted by Crippen LogP contribution is -2.30. The molecule has 2 unspecified atom stereocenters. The van der Waals surface area contributed by atoms with E-state index in [1.807, 2.05) is 58.1 Å². The van der Waals surface area contributed by atoms with E-state index in [-0.39, 0.29) is 17.8 Å². The van der Waals surface area contributed by atoms with Crippen molar-refractivity contribution in [2.24, 2.45) is 0 Å². The van der Waals surface area contributed by atoms with Gasteiger partial charge in [0, 0.05) is 35.5 Å². The summed E-state index contributed by atoms with van der Waals surface area (Å²) < 4.78 is 33.7. The lowest BCUT2D eigenvalue weighted by atomic mass is 10.0. The number of hydrogen-bond acceptors (Lipinski definition) is 6. The van der Waals surface area contributed by atoms with Crippen LogP contribution in [0, 0.1) is 0 Å². The van der Waals surface area contributed by atoms with Crippen molar-refractivity contribution in [1.29, 1.82) is 0 Å². The molecule has 1 fully saturated rings. The number of anilines is 2. The molecular weight excluding hydrogens is 510 g/mol. The van der Waals surface area contributed by atoms with E-state index in [1.54, 1.807) is 36.5 Å². The number of aromatic hydroxyl groups is 1. The summed E-state index contributed by atoms with van der Waals surface area (Å²) in [5.74, 6) is 0.545. The third kappa shape index (κ3) is 4.95. The maximum absolute atomic E-state index is 11.8. The standard InChI is InChI=1S/C26H25N5O4S2/c1-35-23-16-18(10-13-20(23)29-37(2,33)34)31-25(24(28-26(31)36)21-6-3-4-14-27-21)22-7-5-15-30(22)17-8-11-19(32)12-9-17/h3-16,24-25,29,32H,1-2H3,(H,28,36). The molecule has 3 heterocycles. The van der Waals surface area contributed by atoms with Crippen molar-refractivity contribution in [3.8, 4) is 17.2 Å². The van der Waals surface area contributed by atoms with Crippen molar-refractivity contribution in [3.63, 3.8) is 0 Å². The van der Waals surface area contributed by atoms with Gasteiger partial charge in [0.05, 0.1) is 30.8 Å². The number of ether oxygens (including phenoxy) is 1. The zero-order valence-electron chi connectivity index (χ0n) is 20.1. The first kappa shape index (κ1) is 24.6. The van der Waals surface area contributed by atoms with Gasteiger partial charge in [0.1, 0.15) is 17.5 Å². The number of phenols is 1. The highest BCUT2D eigenvalue weighted by Crippen LogP contribution is 2.44. The topological polar surface area (TPSA) is 109 Å². The Morgan fingerprint density at radius 3 is 2.49 bits per heavy atom. The third-order valence-corrected chi connectivity index (χ3v) is 6.97. The number of rotatable bonds is 7. The Morgan fingerprint density at radius 1 is 1.05 bits per heavy atom. The molecule has 0 spiro atoms. The second-order valence-electron chi connectivity index (χ2n) is 8.57. The molecule has 1 saturated heterocycles. The van der Waals surface area contributed by atoms with E-state index in [9.17, 15) is 13.5 Å². The van der Waals surface area contributed by atoms with Crippen LogP contribution in [0.1, 0.15) is 23.5 Å². The predicted octanol–water partition coefficient (Wildman–Crippen LogP) is 4.14. The fourth-order valence-corrected chi connectivity index (χ4v) is 5.44. The first-order valence-electron chi connectivity index (χ1n) is 11.4. The SMILES string of the molecule is COc1cc(N2C(=S)NC(c3ccccn3)C2c2cccn2-c2ccc(O)cc2)ccc1NS(C)(=O)=O. The second-order valence-corrected chi connectivity index (χ2v) is 10.7. The van der Waals surface area contributed by atoms with Crippen LogP contribution in [0.3, 0.4) is 0 Å². The van der Waals surface area contributed by atoms with Gasteiger partial charge in [-0.3, -0.25) is 9.71 Å². The molecule has 9 nitrogen and oxygen atoms in total. The average Bonchev–Trinajstić information content (AvgIpc) is 3.49. The largest absolute Gasteiger partial charge is 0.508 e. The summed E-state index contributed by atoms with van der Waals surface area (Å²) in [6, 6.07) is 21.3. The van der Waals surface area contributed by atoms with Gasteiger partial charge in [0.15, 0.2) is 5.11 Å². The van der Waals surface area contributed by atoms with Crippen LogP contribution in [0.25, 0.3) is 5.69 Å². The molecule has 2 aromatic heterocycles. The van der Waals surface area contributed by atoms with Crippen molar-refractivity contribution < 1.29 is 18.3 Å². The molecule has 0 radical (unpaired) electrons. The van der Waals surface area contributed by atoms with Gasteiger partial charge in [-0.1, -0.05) is 6.07 Å². The lowest BCUT2D eigenvalue weighted by molar-refractivity contribution is 0.417. The number of nitrogens with one attached hydrogen (secondary N) is 2. The smallest absolute Gasteiger partial charge is 0.229 e. The molecule has 37 heavy (non-hydrogen) atoms. The molecular formula is C26H25N5O4S2. The quantitative estimate of drug-likeness (QED) is 0.303. The van der Waals surface area contributed by atoms with Crippen LogP contribution in [-0.2, 0) is 10.0 Å². The molecule has 2 atom stereocenters. The minimum Gasteiger partial charge on any atom is -0.508 e. The van der Waals surface area contributed by atoms with E-state index in [0.717, 1.165) is 29.0 Å². The zero-order valence-corrected chi connectivity index (χ0v) is 21.7. The van der Waals surface area contributed by atoms with Crippen LogP contribution in [0.5, 0.6) is 11.5 Å². The maximum Gasteiger partial charge on any atom is 0.229 e. The van der Waals surface area contributed by atoms with Gasteiger partial charge < -0.3 is 24.6 Å².